The van der Waals surface area contributed by atoms with Gasteiger partial charge in [-0.05, 0) is 67.5 Å². The van der Waals surface area contributed by atoms with E-state index in [1.807, 2.05) is 12.1 Å². The van der Waals surface area contributed by atoms with Gasteiger partial charge < -0.3 is 14.6 Å². The molecule has 2 aliphatic rings. The van der Waals surface area contributed by atoms with E-state index < -0.39 is 0 Å². The third kappa shape index (κ3) is 5.85. The molecule has 2 N–H and O–H groups in total. The second-order valence-corrected chi connectivity index (χ2v) is 9.06. The number of fused-ring (bicyclic) bond motifs is 1. The molecule has 0 bridgehead atoms. The number of ether oxygens (including phenoxy) is 1. The normalized spacial score (nSPS) is 19.1. The van der Waals surface area contributed by atoms with Crippen molar-refractivity contribution in [2.24, 2.45) is 0 Å². The summed E-state index contributed by atoms with van der Waals surface area (Å²) in [4.78, 5) is 28.0. The van der Waals surface area contributed by atoms with Crippen molar-refractivity contribution in [1.82, 2.24) is 15.4 Å². The molecule has 34 heavy (non-hydrogen) atoms. The number of aromatic amines is 1. The summed E-state index contributed by atoms with van der Waals surface area (Å²) in [6.07, 6.45) is 10.4. The number of anilines is 1. The van der Waals surface area contributed by atoms with Crippen molar-refractivity contribution in [1.29, 1.82) is 0 Å². The number of imidazole rings is 1. The molecule has 3 aromatic rings. The summed E-state index contributed by atoms with van der Waals surface area (Å²) in [6.45, 7) is 2.95. The minimum Gasteiger partial charge on any atom is -0.371 e. The van der Waals surface area contributed by atoms with Crippen molar-refractivity contribution in [3.63, 3.8) is 0 Å². The number of nitrogens with one attached hydrogen (secondary N) is 2. The van der Waals surface area contributed by atoms with Crippen LogP contribution in [0.1, 0.15) is 55.5 Å². The lowest BCUT2D eigenvalue weighted by atomic mass is 10.1. The topological polar surface area (TPSA) is 79.5 Å². The second-order valence-electron chi connectivity index (χ2n) is 9.06. The monoisotopic (exact) mass is 460 g/mol. The van der Waals surface area contributed by atoms with E-state index in [9.17, 15) is 4.79 Å². The Morgan fingerprint density at radius 2 is 1.97 bits per heavy atom. The van der Waals surface area contributed by atoms with Crippen molar-refractivity contribution in [2.45, 2.75) is 51.2 Å². The largest absolute Gasteiger partial charge is 0.371 e. The van der Waals surface area contributed by atoms with Gasteiger partial charge in [0.25, 0.3) is 5.91 Å². The van der Waals surface area contributed by atoms with E-state index in [0.29, 0.717) is 6.61 Å². The van der Waals surface area contributed by atoms with Crippen molar-refractivity contribution in [3.05, 3.63) is 65.5 Å². The van der Waals surface area contributed by atoms with Crippen LogP contribution in [0.3, 0.4) is 0 Å². The molecule has 0 radical (unpaired) electrons. The molecule has 2 saturated heterocycles. The Kier molecular flexibility index (Phi) is 7.22. The van der Waals surface area contributed by atoms with Crippen molar-refractivity contribution in [2.75, 3.05) is 24.6 Å². The molecular weight excluding hydrogens is 428 g/mol. The number of amides is 1. The maximum absolute atomic E-state index is 12.0. The van der Waals surface area contributed by atoms with Gasteiger partial charge in [-0.15, -0.1) is 0 Å². The van der Waals surface area contributed by atoms with Crippen molar-refractivity contribution < 1.29 is 14.4 Å². The molecule has 0 saturated carbocycles. The number of piperidine rings is 1. The lowest BCUT2D eigenvalue weighted by Crippen LogP contribution is -2.32. The Labute approximate surface area is 200 Å². The molecule has 2 fully saturated rings. The molecule has 2 aromatic carbocycles. The van der Waals surface area contributed by atoms with Crippen molar-refractivity contribution in [3.8, 4) is 0 Å². The first-order chi connectivity index (χ1) is 16.7. The Morgan fingerprint density at radius 1 is 1.12 bits per heavy atom. The third-order valence-corrected chi connectivity index (χ3v) is 6.44. The average Bonchev–Trinajstić information content (AvgIpc) is 3.29. The van der Waals surface area contributed by atoms with Gasteiger partial charge in [-0.1, -0.05) is 24.3 Å². The molecule has 5 rings (SSSR count). The summed E-state index contributed by atoms with van der Waals surface area (Å²) in [5.74, 6) is 0.653. The molecule has 0 aliphatic carbocycles. The van der Waals surface area contributed by atoms with Crippen LogP contribution >= 0.6 is 0 Å². The van der Waals surface area contributed by atoms with Crippen LogP contribution in [0.15, 0.2) is 48.5 Å². The lowest BCUT2D eigenvalue weighted by Gasteiger charge is -2.28. The number of rotatable bonds is 7. The first-order valence-corrected chi connectivity index (χ1v) is 12.3. The van der Waals surface area contributed by atoms with E-state index in [0.717, 1.165) is 66.8 Å². The van der Waals surface area contributed by atoms with E-state index in [-0.39, 0.29) is 12.2 Å². The first-order valence-electron chi connectivity index (χ1n) is 12.3. The van der Waals surface area contributed by atoms with E-state index in [1.54, 1.807) is 6.08 Å². The fourth-order valence-electron chi connectivity index (χ4n) is 4.56. The predicted molar refractivity (Wildman–Crippen MR) is 133 cm³/mol. The van der Waals surface area contributed by atoms with Crippen molar-refractivity contribution >= 4 is 28.7 Å². The number of carbonyl (C=O) groups excluding carboxylic acids is 1. The van der Waals surface area contributed by atoms with Gasteiger partial charge in [-0.3, -0.25) is 4.79 Å². The number of nitrogens with zero attached hydrogens (tertiary/aromatic N) is 2. The van der Waals surface area contributed by atoms with Crippen LogP contribution in [0.5, 0.6) is 0 Å². The molecule has 3 heterocycles. The Balaban J connectivity index is 1.16. The Morgan fingerprint density at radius 3 is 2.76 bits per heavy atom. The number of hydrogen-bond donors (Lipinski definition) is 2. The van der Waals surface area contributed by atoms with Gasteiger partial charge in [0.05, 0.1) is 11.0 Å². The van der Waals surface area contributed by atoms with Crippen LogP contribution in [0.2, 0.25) is 0 Å². The van der Waals surface area contributed by atoms with E-state index >= 15 is 0 Å². The Bertz CT molecular complexity index is 1130. The number of hydrogen-bond acceptors (Lipinski definition) is 5. The highest BCUT2D eigenvalue weighted by Gasteiger charge is 2.15. The molecule has 7 nitrogen and oxygen atoms in total. The van der Waals surface area contributed by atoms with Gasteiger partial charge in [0.15, 0.2) is 6.29 Å². The molecule has 1 amide bonds. The highest BCUT2D eigenvalue weighted by atomic mass is 16.8. The summed E-state index contributed by atoms with van der Waals surface area (Å²) in [6, 6.07) is 14.7. The third-order valence-electron chi connectivity index (χ3n) is 6.44. The number of H-pyrrole nitrogens is 1. The van der Waals surface area contributed by atoms with E-state index in [4.69, 9.17) is 14.6 Å². The zero-order valence-electron chi connectivity index (χ0n) is 19.5. The van der Waals surface area contributed by atoms with Gasteiger partial charge in [0, 0.05) is 44.3 Å². The summed E-state index contributed by atoms with van der Waals surface area (Å²) in [5, 5.41) is 0. The maximum Gasteiger partial charge on any atom is 0.267 e. The first kappa shape index (κ1) is 22.6. The van der Waals surface area contributed by atoms with Crippen LogP contribution in [0, 0.1) is 0 Å². The lowest BCUT2D eigenvalue weighted by molar-refractivity contribution is -0.198. The minimum absolute atomic E-state index is 0.301. The summed E-state index contributed by atoms with van der Waals surface area (Å²) >= 11 is 0. The molecule has 1 atom stereocenters. The van der Waals surface area contributed by atoms with Gasteiger partial charge in [0.2, 0.25) is 0 Å². The fourth-order valence-corrected chi connectivity index (χ4v) is 4.56. The molecular formula is C27H32N4O3. The SMILES string of the molecule is O=C(C=Cc1ccc(Cc2nc3ccc(N4CCCCC4)cc3[nH]2)cc1)NOC1CCCCO1. The smallest absolute Gasteiger partial charge is 0.267 e. The molecule has 0 spiro atoms. The van der Waals surface area contributed by atoms with Crippen LogP contribution in [0.25, 0.3) is 17.1 Å². The molecule has 7 heteroatoms. The van der Waals surface area contributed by atoms with Gasteiger partial charge in [0.1, 0.15) is 5.82 Å². The summed E-state index contributed by atoms with van der Waals surface area (Å²) in [5.41, 5.74) is 7.91. The fraction of sp³-hybridized carbons (Fsp3) is 0.407. The van der Waals surface area contributed by atoms with Crippen LogP contribution in [-0.2, 0) is 20.8 Å². The minimum atomic E-state index is -0.347. The predicted octanol–water partition coefficient (Wildman–Crippen LogP) is 4.73. The zero-order chi connectivity index (χ0) is 23.2. The van der Waals surface area contributed by atoms with E-state index in [2.05, 4.69) is 45.7 Å². The van der Waals surface area contributed by atoms with E-state index in [1.165, 1.54) is 31.0 Å². The number of hydroxylamine groups is 1. The standard InChI is InChI=1S/C27H32N4O3/c32-26(30-34-27-6-2-5-17-33-27)14-11-20-7-9-21(10-8-20)18-25-28-23-13-12-22(19-24(23)29-25)31-15-3-1-4-16-31/h7-14,19,27H,1-6,15-18H2,(H,28,29)(H,30,32). The molecule has 2 aliphatic heterocycles. The van der Waals surface area contributed by atoms with Crippen LogP contribution in [-0.4, -0.2) is 41.9 Å². The number of benzene rings is 2. The van der Waals surface area contributed by atoms with Gasteiger partial charge in [-0.25, -0.2) is 15.3 Å². The van der Waals surface area contributed by atoms with Gasteiger partial charge in [-0.2, -0.15) is 0 Å². The maximum atomic E-state index is 12.0. The number of aromatic nitrogens is 2. The average molecular weight is 461 g/mol. The van der Waals surface area contributed by atoms with Crippen LogP contribution in [0.4, 0.5) is 5.69 Å². The Hall–Kier alpha value is -3.16. The van der Waals surface area contributed by atoms with Gasteiger partial charge >= 0.3 is 0 Å². The molecule has 1 aromatic heterocycles. The quantitative estimate of drug-likeness (QED) is 0.394. The number of carbonyl (C=O) groups is 1. The second kappa shape index (κ2) is 10.8. The highest BCUT2D eigenvalue weighted by Crippen LogP contribution is 2.24. The zero-order valence-corrected chi connectivity index (χ0v) is 19.5. The van der Waals surface area contributed by atoms with Crippen LogP contribution < -0.4 is 10.4 Å². The summed E-state index contributed by atoms with van der Waals surface area (Å²) < 4.78 is 5.44. The highest BCUT2D eigenvalue weighted by molar-refractivity contribution is 5.90. The molecule has 1 unspecified atom stereocenters. The molecule has 178 valence electrons. The summed E-state index contributed by atoms with van der Waals surface area (Å²) in [7, 11) is 0.